The van der Waals surface area contributed by atoms with E-state index in [2.05, 4.69) is 5.32 Å². The molecule has 0 bridgehead atoms. The summed E-state index contributed by atoms with van der Waals surface area (Å²) in [7, 11) is 0. The molecule has 96 valence electrons. The Balaban J connectivity index is 4.14. The number of amides is 2. The first-order valence-electron chi connectivity index (χ1n) is 5.69. The quantitative estimate of drug-likeness (QED) is 0.696. The molecule has 0 fully saturated rings. The average molecular weight is 241 g/mol. The van der Waals surface area contributed by atoms with E-state index in [0.29, 0.717) is 19.5 Å². The SMILES string of the molecule is CCC(CNC(=O)N(CC)CCC#N)C(=O)O. The first-order chi connectivity index (χ1) is 8.06. The lowest BCUT2D eigenvalue weighted by atomic mass is 10.1. The van der Waals surface area contributed by atoms with Crippen LogP contribution in [0.25, 0.3) is 0 Å². The van der Waals surface area contributed by atoms with E-state index in [0.717, 1.165) is 0 Å². The van der Waals surface area contributed by atoms with Crippen LogP contribution in [-0.4, -0.2) is 41.6 Å². The fourth-order valence-corrected chi connectivity index (χ4v) is 1.32. The molecule has 2 N–H and O–H groups in total. The highest BCUT2D eigenvalue weighted by Crippen LogP contribution is 2.01. The van der Waals surface area contributed by atoms with Gasteiger partial charge in [0.2, 0.25) is 0 Å². The predicted octanol–water partition coefficient (Wildman–Crippen LogP) is 1.04. The summed E-state index contributed by atoms with van der Waals surface area (Å²) in [5.74, 6) is -1.47. The van der Waals surface area contributed by atoms with Crippen molar-refractivity contribution < 1.29 is 14.7 Å². The van der Waals surface area contributed by atoms with Gasteiger partial charge in [-0.25, -0.2) is 4.79 Å². The number of nitrogens with zero attached hydrogens (tertiary/aromatic N) is 2. The zero-order valence-corrected chi connectivity index (χ0v) is 10.3. The molecule has 6 heteroatoms. The molecule has 0 aromatic rings. The van der Waals surface area contributed by atoms with Gasteiger partial charge in [0, 0.05) is 19.6 Å². The van der Waals surface area contributed by atoms with E-state index < -0.39 is 11.9 Å². The summed E-state index contributed by atoms with van der Waals surface area (Å²) in [6.45, 7) is 4.55. The van der Waals surface area contributed by atoms with Gasteiger partial charge in [-0.3, -0.25) is 4.79 Å². The van der Waals surface area contributed by atoms with Gasteiger partial charge in [0.1, 0.15) is 0 Å². The Morgan fingerprint density at radius 2 is 2.12 bits per heavy atom. The maximum Gasteiger partial charge on any atom is 0.317 e. The van der Waals surface area contributed by atoms with Gasteiger partial charge in [-0.1, -0.05) is 6.92 Å². The molecule has 0 spiro atoms. The van der Waals surface area contributed by atoms with Crippen LogP contribution >= 0.6 is 0 Å². The summed E-state index contributed by atoms with van der Waals surface area (Å²) in [4.78, 5) is 23.9. The molecule has 0 rings (SSSR count). The second-order valence-corrected chi connectivity index (χ2v) is 3.62. The summed E-state index contributed by atoms with van der Waals surface area (Å²) in [6, 6.07) is 1.65. The van der Waals surface area contributed by atoms with Crippen molar-refractivity contribution in [3.8, 4) is 6.07 Å². The zero-order valence-electron chi connectivity index (χ0n) is 10.3. The third kappa shape index (κ3) is 5.76. The van der Waals surface area contributed by atoms with Gasteiger partial charge in [-0.2, -0.15) is 5.26 Å². The number of carboxylic acids is 1. The summed E-state index contributed by atoms with van der Waals surface area (Å²) in [6.07, 6.45) is 0.747. The number of nitrogens with one attached hydrogen (secondary N) is 1. The molecule has 1 unspecified atom stereocenters. The number of carboxylic acid groups (broad SMARTS) is 1. The zero-order chi connectivity index (χ0) is 13.3. The van der Waals surface area contributed by atoms with E-state index in [1.165, 1.54) is 4.90 Å². The molecule has 0 radical (unpaired) electrons. The fraction of sp³-hybridized carbons (Fsp3) is 0.727. The van der Waals surface area contributed by atoms with Crippen molar-refractivity contribution in [2.24, 2.45) is 5.92 Å². The first kappa shape index (κ1) is 15.2. The molecule has 0 heterocycles. The normalized spacial score (nSPS) is 11.4. The van der Waals surface area contributed by atoms with E-state index in [4.69, 9.17) is 10.4 Å². The number of hydrogen-bond acceptors (Lipinski definition) is 3. The van der Waals surface area contributed by atoms with Gasteiger partial charge < -0.3 is 15.3 Å². The van der Waals surface area contributed by atoms with Crippen molar-refractivity contribution in [1.82, 2.24) is 10.2 Å². The summed E-state index contributed by atoms with van der Waals surface area (Å²) in [5, 5.41) is 19.8. The number of urea groups is 1. The Hall–Kier alpha value is -1.77. The van der Waals surface area contributed by atoms with Crippen molar-refractivity contribution in [3.63, 3.8) is 0 Å². The molecule has 0 aromatic carbocycles. The Bertz CT molecular complexity index is 299. The minimum absolute atomic E-state index is 0.119. The van der Waals surface area contributed by atoms with Crippen LogP contribution in [-0.2, 0) is 4.79 Å². The third-order valence-corrected chi connectivity index (χ3v) is 2.50. The van der Waals surface area contributed by atoms with E-state index in [1.807, 2.05) is 13.0 Å². The van der Waals surface area contributed by atoms with Crippen LogP contribution < -0.4 is 5.32 Å². The molecule has 0 aliphatic heterocycles. The number of nitriles is 1. The molecule has 0 saturated heterocycles. The third-order valence-electron chi connectivity index (χ3n) is 2.50. The van der Waals surface area contributed by atoms with Crippen LogP contribution in [0.15, 0.2) is 0 Å². The highest BCUT2D eigenvalue weighted by molar-refractivity contribution is 5.76. The van der Waals surface area contributed by atoms with Crippen LogP contribution in [0.3, 0.4) is 0 Å². The number of carbonyl (C=O) groups excluding carboxylic acids is 1. The van der Waals surface area contributed by atoms with Crippen LogP contribution in [0.5, 0.6) is 0 Å². The van der Waals surface area contributed by atoms with Crippen molar-refractivity contribution in [1.29, 1.82) is 5.26 Å². The standard InChI is InChI=1S/C11H19N3O3/c1-3-9(10(15)16)8-13-11(17)14(4-2)7-5-6-12/h9H,3-5,7-8H2,1-2H3,(H,13,17)(H,15,16). The van der Waals surface area contributed by atoms with E-state index in [-0.39, 0.29) is 19.0 Å². The average Bonchev–Trinajstić information content (AvgIpc) is 2.30. The second-order valence-electron chi connectivity index (χ2n) is 3.62. The van der Waals surface area contributed by atoms with Crippen molar-refractivity contribution in [2.45, 2.75) is 26.7 Å². The van der Waals surface area contributed by atoms with Gasteiger partial charge in [0.25, 0.3) is 0 Å². The molecule has 17 heavy (non-hydrogen) atoms. The molecule has 6 nitrogen and oxygen atoms in total. The van der Waals surface area contributed by atoms with Crippen LogP contribution in [0, 0.1) is 17.2 Å². The Kier molecular flexibility index (Phi) is 7.52. The van der Waals surface area contributed by atoms with E-state index in [1.54, 1.807) is 6.92 Å². The van der Waals surface area contributed by atoms with E-state index >= 15 is 0 Å². The molecule has 1 atom stereocenters. The number of carbonyl (C=O) groups is 2. The van der Waals surface area contributed by atoms with Gasteiger partial charge in [-0.15, -0.1) is 0 Å². The lowest BCUT2D eigenvalue weighted by molar-refractivity contribution is -0.141. The van der Waals surface area contributed by atoms with Crippen LogP contribution in [0.2, 0.25) is 0 Å². The first-order valence-corrected chi connectivity index (χ1v) is 5.69. The highest BCUT2D eigenvalue weighted by atomic mass is 16.4. The molecular formula is C11H19N3O3. The van der Waals surface area contributed by atoms with Crippen molar-refractivity contribution >= 4 is 12.0 Å². The Labute approximate surface area is 101 Å². The number of rotatable bonds is 7. The number of hydrogen-bond donors (Lipinski definition) is 2. The van der Waals surface area contributed by atoms with Crippen molar-refractivity contribution in [3.05, 3.63) is 0 Å². The smallest absolute Gasteiger partial charge is 0.317 e. The maximum absolute atomic E-state index is 11.6. The highest BCUT2D eigenvalue weighted by Gasteiger charge is 2.17. The minimum atomic E-state index is -0.909. The molecular weight excluding hydrogens is 222 g/mol. The topological polar surface area (TPSA) is 93.4 Å². The molecule has 0 aromatic heterocycles. The monoisotopic (exact) mass is 241 g/mol. The van der Waals surface area contributed by atoms with Crippen LogP contribution in [0.1, 0.15) is 26.7 Å². The van der Waals surface area contributed by atoms with Crippen LogP contribution in [0.4, 0.5) is 4.79 Å². The number of aliphatic carboxylic acids is 1. The Morgan fingerprint density at radius 1 is 1.47 bits per heavy atom. The van der Waals surface area contributed by atoms with Crippen molar-refractivity contribution in [2.75, 3.05) is 19.6 Å². The lowest BCUT2D eigenvalue weighted by Crippen LogP contribution is -2.43. The van der Waals surface area contributed by atoms with E-state index in [9.17, 15) is 9.59 Å². The summed E-state index contributed by atoms with van der Waals surface area (Å²) >= 11 is 0. The summed E-state index contributed by atoms with van der Waals surface area (Å²) in [5.41, 5.74) is 0. The minimum Gasteiger partial charge on any atom is -0.481 e. The molecule has 2 amide bonds. The largest absolute Gasteiger partial charge is 0.481 e. The lowest BCUT2D eigenvalue weighted by Gasteiger charge is -2.21. The Morgan fingerprint density at radius 3 is 2.53 bits per heavy atom. The van der Waals surface area contributed by atoms with Gasteiger partial charge in [0.05, 0.1) is 18.4 Å². The molecule has 0 saturated carbocycles. The maximum atomic E-state index is 11.6. The second kappa shape index (κ2) is 8.39. The van der Waals surface area contributed by atoms with Gasteiger partial charge in [-0.05, 0) is 13.3 Å². The van der Waals surface area contributed by atoms with Gasteiger partial charge >= 0.3 is 12.0 Å². The van der Waals surface area contributed by atoms with Gasteiger partial charge in [0.15, 0.2) is 0 Å². The predicted molar refractivity (Wildman–Crippen MR) is 62.3 cm³/mol. The fourth-order valence-electron chi connectivity index (χ4n) is 1.32. The molecule has 0 aliphatic carbocycles. The summed E-state index contributed by atoms with van der Waals surface area (Å²) < 4.78 is 0. The molecule has 0 aliphatic rings.